The van der Waals surface area contributed by atoms with Gasteiger partial charge < -0.3 is 10.4 Å². The first-order valence-corrected chi connectivity index (χ1v) is 5.10. The molecule has 0 saturated heterocycles. The molecule has 2 N–H and O–H groups in total. The first-order valence-electron chi connectivity index (χ1n) is 5.10. The highest BCUT2D eigenvalue weighted by molar-refractivity contribution is 6.02. The van der Waals surface area contributed by atoms with Crippen molar-refractivity contribution in [2.45, 2.75) is 26.4 Å². The van der Waals surface area contributed by atoms with Crippen LogP contribution in [0.4, 0.5) is 5.69 Å². The van der Waals surface area contributed by atoms with Crippen LogP contribution in [0.5, 0.6) is 0 Å². The molecule has 0 unspecified atom stereocenters. The molecule has 1 amide bonds. The minimum Gasteiger partial charge on any atom is -0.386 e. The minimum atomic E-state index is -0.913. The summed E-state index contributed by atoms with van der Waals surface area (Å²) in [6, 6.07) is 7.13. The van der Waals surface area contributed by atoms with Crippen molar-refractivity contribution in [2.24, 2.45) is 0 Å². The normalized spacial score (nSPS) is 11.0. The van der Waals surface area contributed by atoms with Gasteiger partial charge in [-0.25, -0.2) is 0 Å². The molecule has 0 bridgehead atoms. The molecule has 0 saturated carbocycles. The summed E-state index contributed by atoms with van der Waals surface area (Å²) in [4.78, 5) is 11.4. The van der Waals surface area contributed by atoms with Gasteiger partial charge in [0.25, 0.3) is 5.91 Å². The van der Waals surface area contributed by atoms with Crippen LogP contribution in [0.2, 0.25) is 0 Å². The van der Waals surface area contributed by atoms with Gasteiger partial charge in [0.05, 0.1) is 5.60 Å². The SMILES string of the molecule is C=C(C)C(=O)Nc1cccc(C(C)(C)O)c1. The van der Waals surface area contributed by atoms with E-state index in [1.807, 2.05) is 6.07 Å². The van der Waals surface area contributed by atoms with Crippen LogP contribution in [0.15, 0.2) is 36.4 Å². The second kappa shape index (κ2) is 4.49. The smallest absolute Gasteiger partial charge is 0.250 e. The van der Waals surface area contributed by atoms with Crippen molar-refractivity contribution in [1.82, 2.24) is 0 Å². The van der Waals surface area contributed by atoms with E-state index < -0.39 is 5.60 Å². The van der Waals surface area contributed by atoms with Gasteiger partial charge in [0.15, 0.2) is 0 Å². The summed E-state index contributed by atoms with van der Waals surface area (Å²) in [6.07, 6.45) is 0. The van der Waals surface area contributed by atoms with E-state index in [1.165, 1.54) is 0 Å². The summed E-state index contributed by atoms with van der Waals surface area (Å²) in [6.45, 7) is 8.61. The Bertz CT molecular complexity index is 416. The number of hydrogen-bond donors (Lipinski definition) is 2. The van der Waals surface area contributed by atoms with Gasteiger partial charge in [-0.05, 0) is 38.5 Å². The van der Waals surface area contributed by atoms with E-state index in [9.17, 15) is 9.90 Å². The predicted molar refractivity (Wildman–Crippen MR) is 65.1 cm³/mol. The number of amides is 1. The molecule has 3 nitrogen and oxygen atoms in total. The zero-order valence-electron chi connectivity index (χ0n) is 9.87. The third kappa shape index (κ3) is 3.21. The zero-order valence-corrected chi connectivity index (χ0v) is 9.87. The number of hydrogen-bond acceptors (Lipinski definition) is 2. The molecule has 0 fully saturated rings. The third-order valence-corrected chi connectivity index (χ3v) is 2.21. The van der Waals surface area contributed by atoms with E-state index >= 15 is 0 Å². The fraction of sp³-hybridized carbons (Fsp3) is 0.308. The van der Waals surface area contributed by atoms with E-state index in [-0.39, 0.29) is 5.91 Å². The molecule has 0 atom stereocenters. The molecule has 1 aromatic carbocycles. The molecule has 0 aromatic heterocycles. The molecule has 0 heterocycles. The van der Waals surface area contributed by atoms with Crippen molar-refractivity contribution in [1.29, 1.82) is 0 Å². The van der Waals surface area contributed by atoms with Crippen molar-refractivity contribution >= 4 is 11.6 Å². The lowest BCUT2D eigenvalue weighted by atomic mass is 9.98. The summed E-state index contributed by atoms with van der Waals surface area (Å²) in [5.74, 6) is -0.215. The number of aliphatic hydroxyl groups is 1. The van der Waals surface area contributed by atoms with Gasteiger partial charge in [-0.2, -0.15) is 0 Å². The Morgan fingerprint density at radius 3 is 2.56 bits per heavy atom. The van der Waals surface area contributed by atoms with E-state index in [0.29, 0.717) is 11.3 Å². The van der Waals surface area contributed by atoms with Crippen LogP contribution in [-0.2, 0) is 10.4 Å². The van der Waals surface area contributed by atoms with Crippen molar-refractivity contribution in [3.8, 4) is 0 Å². The van der Waals surface area contributed by atoms with Gasteiger partial charge in [-0.3, -0.25) is 4.79 Å². The first-order chi connectivity index (χ1) is 7.30. The standard InChI is InChI=1S/C13H17NO2/c1-9(2)12(15)14-11-7-5-6-10(8-11)13(3,4)16/h5-8,16H,1H2,2-4H3,(H,14,15). The Morgan fingerprint density at radius 1 is 1.44 bits per heavy atom. The highest BCUT2D eigenvalue weighted by atomic mass is 16.3. The van der Waals surface area contributed by atoms with E-state index in [4.69, 9.17) is 0 Å². The van der Waals surface area contributed by atoms with Crippen molar-refractivity contribution in [3.63, 3.8) is 0 Å². The number of benzene rings is 1. The predicted octanol–water partition coefficient (Wildman–Crippen LogP) is 2.43. The molecule has 1 rings (SSSR count). The molecule has 16 heavy (non-hydrogen) atoms. The minimum absolute atomic E-state index is 0.215. The number of anilines is 1. The maximum Gasteiger partial charge on any atom is 0.250 e. The molecule has 0 radical (unpaired) electrons. The number of carbonyl (C=O) groups excluding carboxylic acids is 1. The van der Waals surface area contributed by atoms with Gasteiger partial charge in [0.2, 0.25) is 0 Å². The summed E-state index contributed by atoms with van der Waals surface area (Å²) in [5.41, 5.74) is 0.956. The number of nitrogens with one attached hydrogen (secondary N) is 1. The van der Waals surface area contributed by atoms with E-state index in [0.717, 1.165) is 5.56 Å². The summed E-state index contributed by atoms with van der Waals surface area (Å²) >= 11 is 0. The van der Waals surface area contributed by atoms with E-state index in [1.54, 1.807) is 39.0 Å². The summed E-state index contributed by atoms with van der Waals surface area (Å²) in [7, 11) is 0. The van der Waals surface area contributed by atoms with Crippen LogP contribution in [0.25, 0.3) is 0 Å². The average molecular weight is 219 g/mol. The van der Waals surface area contributed by atoms with Crippen LogP contribution in [-0.4, -0.2) is 11.0 Å². The Hall–Kier alpha value is -1.61. The fourth-order valence-corrected chi connectivity index (χ4v) is 1.22. The van der Waals surface area contributed by atoms with E-state index in [2.05, 4.69) is 11.9 Å². The maximum absolute atomic E-state index is 11.4. The van der Waals surface area contributed by atoms with Crippen LogP contribution < -0.4 is 5.32 Å². The Kier molecular flexibility index (Phi) is 3.50. The van der Waals surface area contributed by atoms with Crippen LogP contribution in [0.3, 0.4) is 0 Å². The average Bonchev–Trinajstić information content (AvgIpc) is 2.16. The molecule has 0 aliphatic rings. The Balaban J connectivity index is 2.92. The lowest BCUT2D eigenvalue weighted by molar-refractivity contribution is -0.112. The first kappa shape index (κ1) is 12.5. The molecule has 0 aliphatic carbocycles. The van der Waals surface area contributed by atoms with Crippen molar-refractivity contribution < 1.29 is 9.90 Å². The van der Waals surface area contributed by atoms with Gasteiger partial charge in [0.1, 0.15) is 0 Å². The highest BCUT2D eigenvalue weighted by Gasteiger charge is 2.16. The van der Waals surface area contributed by atoms with Gasteiger partial charge in [0, 0.05) is 11.3 Å². The lowest BCUT2D eigenvalue weighted by Crippen LogP contribution is -2.17. The second-order valence-corrected chi connectivity index (χ2v) is 4.37. The quantitative estimate of drug-likeness (QED) is 0.767. The molecular formula is C13H17NO2. The molecular weight excluding hydrogens is 202 g/mol. The largest absolute Gasteiger partial charge is 0.386 e. The summed E-state index contributed by atoms with van der Waals surface area (Å²) in [5, 5.41) is 12.5. The van der Waals surface area contributed by atoms with Gasteiger partial charge in [-0.15, -0.1) is 0 Å². The molecule has 0 spiro atoms. The van der Waals surface area contributed by atoms with Crippen LogP contribution in [0, 0.1) is 0 Å². The number of carbonyl (C=O) groups is 1. The molecule has 0 aliphatic heterocycles. The Morgan fingerprint density at radius 2 is 2.06 bits per heavy atom. The lowest BCUT2D eigenvalue weighted by Gasteiger charge is -2.18. The zero-order chi connectivity index (χ0) is 12.3. The van der Waals surface area contributed by atoms with Gasteiger partial charge >= 0.3 is 0 Å². The number of rotatable bonds is 3. The third-order valence-electron chi connectivity index (χ3n) is 2.21. The van der Waals surface area contributed by atoms with Gasteiger partial charge in [-0.1, -0.05) is 18.7 Å². The van der Waals surface area contributed by atoms with Crippen LogP contribution in [0.1, 0.15) is 26.3 Å². The summed E-state index contributed by atoms with van der Waals surface area (Å²) < 4.78 is 0. The second-order valence-electron chi connectivity index (χ2n) is 4.37. The topological polar surface area (TPSA) is 49.3 Å². The van der Waals surface area contributed by atoms with Crippen molar-refractivity contribution in [3.05, 3.63) is 42.0 Å². The molecule has 3 heteroatoms. The maximum atomic E-state index is 11.4. The monoisotopic (exact) mass is 219 g/mol. The van der Waals surface area contributed by atoms with Crippen LogP contribution >= 0.6 is 0 Å². The fourth-order valence-electron chi connectivity index (χ4n) is 1.22. The van der Waals surface area contributed by atoms with Crippen molar-refractivity contribution in [2.75, 3.05) is 5.32 Å². The molecule has 1 aromatic rings. The Labute approximate surface area is 95.8 Å². The highest BCUT2D eigenvalue weighted by Crippen LogP contribution is 2.22. The molecule has 86 valence electrons.